The molecule has 6 heteroatoms. The van der Waals surface area contributed by atoms with Crippen LogP contribution in [0.1, 0.15) is 44.6 Å². The number of nitrogens with zero attached hydrogens (tertiary/aromatic N) is 2. The SMILES string of the molecule is CCN(C(=O)CN(C1CCCCC1)S(C)(=O)=O)c1cccc(C)c1. The van der Waals surface area contributed by atoms with Crippen LogP contribution in [0, 0.1) is 6.92 Å². The van der Waals surface area contributed by atoms with Crippen LogP contribution in [0.2, 0.25) is 0 Å². The van der Waals surface area contributed by atoms with Gasteiger partial charge in [-0.15, -0.1) is 0 Å². The maximum atomic E-state index is 12.8. The van der Waals surface area contributed by atoms with Gasteiger partial charge >= 0.3 is 0 Å². The minimum Gasteiger partial charge on any atom is -0.312 e. The monoisotopic (exact) mass is 352 g/mol. The van der Waals surface area contributed by atoms with Crippen molar-refractivity contribution in [3.63, 3.8) is 0 Å². The molecule has 1 aromatic rings. The van der Waals surface area contributed by atoms with Gasteiger partial charge in [0.25, 0.3) is 0 Å². The molecular formula is C18H28N2O3S. The molecule has 0 N–H and O–H groups in total. The number of sulfonamides is 1. The van der Waals surface area contributed by atoms with Crippen LogP contribution in [0.15, 0.2) is 24.3 Å². The molecule has 2 rings (SSSR count). The van der Waals surface area contributed by atoms with Gasteiger partial charge in [-0.25, -0.2) is 8.42 Å². The largest absolute Gasteiger partial charge is 0.312 e. The zero-order valence-electron chi connectivity index (χ0n) is 14.9. The fourth-order valence-electron chi connectivity index (χ4n) is 3.40. The number of hydrogen-bond donors (Lipinski definition) is 0. The van der Waals surface area contributed by atoms with Crippen LogP contribution in [0.25, 0.3) is 0 Å². The molecule has 0 aromatic heterocycles. The summed E-state index contributed by atoms with van der Waals surface area (Å²) in [4.78, 5) is 14.5. The molecular weight excluding hydrogens is 324 g/mol. The number of carbonyl (C=O) groups is 1. The molecule has 0 unspecified atom stereocenters. The molecule has 1 saturated carbocycles. The summed E-state index contributed by atoms with van der Waals surface area (Å²) in [5, 5.41) is 0. The third kappa shape index (κ3) is 4.80. The quantitative estimate of drug-likeness (QED) is 0.791. The zero-order valence-corrected chi connectivity index (χ0v) is 15.7. The highest BCUT2D eigenvalue weighted by atomic mass is 32.2. The maximum Gasteiger partial charge on any atom is 0.242 e. The lowest BCUT2D eigenvalue weighted by atomic mass is 9.95. The molecule has 1 fully saturated rings. The summed E-state index contributed by atoms with van der Waals surface area (Å²) in [7, 11) is -3.41. The molecule has 5 nitrogen and oxygen atoms in total. The normalized spacial score (nSPS) is 16.3. The summed E-state index contributed by atoms with van der Waals surface area (Å²) in [5.41, 5.74) is 1.89. The number of likely N-dealkylation sites (N-methyl/N-ethyl adjacent to an activating group) is 1. The molecule has 0 atom stereocenters. The molecule has 1 aliphatic rings. The number of carbonyl (C=O) groups excluding carboxylic acids is 1. The van der Waals surface area contributed by atoms with Crippen molar-refractivity contribution < 1.29 is 13.2 Å². The van der Waals surface area contributed by atoms with Crippen LogP contribution >= 0.6 is 0 Å². The van der Waals surface area contributed by atoms with Crippen LogP contribution in [0.5, 0.6) is 0 Å². The summed E-state index contributed by atoms with van der Waals surface area (Å²) < 4.78 is 25.9. The average Bonchev–Trinajstić information content (AvgIpc) is 2.53. The van der Waals surface area contributed by atoms with Crippen molar-refractivity contribution in [1.82, 2.24) is 4.31 Å². The molecule has 0 aliphatic heterocycles. The Hall–Kier alpha value is -1.40. The van der Waals surface area contributed by atoms with Crippen molar-refractivity contribution in [2.45, 2.75) is 52.0 Å². The van der Waals surface area contributed by atoms with E-state index in [4.69, 9.17) is 0 Å². The van der Waals surface area contributed by atoms with Gasteiger partial charge in [0.2, 0.25) is 15.9 Å². The van der Waals surface area contributed by atoms with Gasteiger partial charge in [-0.2, -0.15) is 4.31 Å². The van der Waals surface area contributed by atoms with Gasteiger partial charge in [-0.1, -0.05) is 31.4 Å². The Morgan fingerprint density at radius 3 is 2.42 bits per heavy atom. The molecule has 0 radical (unpaired) electrons. The number of rotatable bonds is 6. The highest BCUT2D eigenvalue weighted by molar-refractivity contribution is 7.88. The van der Waals surface area contributed by atoms with E-state index >= 15 is 0 Å². The van der Waals surface area contributed by atoms with Gasteiger partial charge in [0.15, 0.2) is 0 Å². The van der Waals surface area contributed by atoms with E-state index < -0.39 is 10.0 Å². The Morgan fingerprint density at radius 1 is 1.21 bits per heavy atom. The van der Waals surface area contributed by atoms with Gasteiger partial charge in [-0.3, -0.25) is 4.79 Å². The van der Waals surface area contributed by atoms with Crippen molar-refractivity contribution in [1.29, 1.82) is 0 Å². The second kappa shape index (κ2) is 8.12. The summed E-state index contributed by atoms with van der Waals surface area (Å²) in [6.07, 6.45) is 6.10. The highest BCUT2D eigenvalue weighted by Crippen LogP contribution is 2.25. The first-order valence-corrected chi connectivity index (χ1v) is 10.5. The van der Waals surface area contributed by atoms with E-state index in [1.54, 1.807) is 4.90 Å². The maximum absolute atomic E-state index is 12.8. The predicted molar refractivity (Wildman–Crippen MR) is 97.6 cm³/mol. The van der Waals surface area contributed by atoms with Gasteiger partial charge in [-0.05, 0) is 44.4 Å². The number of amides is 1. The van der Waals surface area contributed by atoms with Crippen molar-refractivity contribution >= 4 is 21.6 Å². The Morgan fingerprint density at radius 2 is 1.88 bits per heavy atom. The molecule has 24 heavy (non-hydrogen) atoms. The van der Waals surface area contributed by atoms with Crippen LogP contribution in [-0.4, -0.2) is 44.0 Å². The van der Waals surface area contributed by atoms with Gasteiger partial charge in [0, 0.05) is 18.3 Å². The van der Waals surface area contributed by atoms with Gasteiger partial charge in [0.05, 0.1) is 12.8 Å². The van der Waals surface area contributed by atoms with E-state index in [1.165, 1.54) is 10.6 Å². The minimum absolute atomic E-state index is 0.0473. The topological polar surface area (TPSA) is 57.7 Å². The molecule has 0 heterocycles. The van der Waals surface area contributed by atoms with Crippen LogP contribution in [0.3, 0.4) is 0 Å². The fraction of sp³-hybridized carbons (Fsp3) is 0.611. The van der Waals surface area contributed by atoms with Crippen molar-refractivity contribution in [3.05, 3.63) is 29.8 Å². The lowest BCUT2D eigenvalue weighted by Gasteiger charge is -2.33. The molecule has 0 bridgehead atoms. The van der Waals surface area contributed by atoms with Crippen molar-refractivity contribution in [2.24, 2.45) is 0 Å². The van der Waals surface area contributed by atoms with E-state index in [2.05, 4.69) is 0 Å². The lowest BCUT2D eigenvalue weighted by Crippen LogP contribution is -2.47. The second-order valence-corrected chi connectivity index (χ2v) is 8.51. The summed E-state index contributed by atoms with van der Waals surface area (Å²) >= 11 is 0. The van der Waals surface area contributed by atoms with Crippen LogP contribution in [0.4, 0.5) is 5.69 Å². The molecule has 0 spiro atoms. The predicted octanol–water partition coefficient (Wildman–Crippen LogP) is 2.94. The second-order valence-electron chi connectivity index (χ2n) is 6.58. The van der Waals surface area contributed by atoms with Crippen LogP contribution in [-0.2, 0) is 14.8 Å². The number of benzene rings is 1. The Balaban J connectivity index is 2.19. The van der Waals surface area contributed by atoms with E-state index in [0.717, 1.165) is 43.4 Å². The Bertz CT molecular complexity index is 667. The van der Waals surface area contributed by atoms with Gasteiger partial charge < -0.3 is 4.90 Å². The van der Waals surface area contributed by atoms with Crippen molar-refractivity contribution in [2.75, 3.05) is 24.2 Å². The third-order valence-corrected chi connectivity index (χ3v) is 5.91. The lowest BCUT2D eigenvalue weighted by molar-refractivity contribution is -0.119. The molecule has 1 aromatic carbocycles. The van der Waals surface area contributed by atoms with E-state index in [0.29, 0.717) is 6.54 Å². The first-order valence-electron chi connectivity index (χ1n) is 8.66. The number of hydrogen-bond acceptors (Lipinski definition) is 3. The summed E-state index contributed by atoms with van der Waals surface area (Å²) in [5.74, 6) is -0.168. The van der Waals surface area contributed by atoms with Crippen LogP contribution < -0.4 is 4.90 Å². The third-order valence-electron chi connectivity index (χ3n) is 4.63. The molecule has 0 saturated heterocycles. The number of aryl methyl sites for hydroxylation is 1. The van der Waals surface area contributed by atoms with E-state index in [9.17, 15) is 13.2 Å². The molecule has 1 aliphatic carbocycles. The first kappa shape index (κ1) is 18.9. The zero-order chi connectivity index (χ0) is 17.7. The van der Waals surface area contributed by atoms with E-state index in [-0.39, 0.29) is 18.5 Å². The smallest absolute Gasteiger partial charge is 0.242 e. The van der Waals surface area contributed by atoms with E-state index in [1.807, 2.05) is 38.1 Å². The van der Waals surface area contributed by atoms with Crippen molar-refractivity contribution in [3.8, 4) is 0 Å². The highest BCUT2D eigenvalue weighted by Gasteiger charge is 2.31. The number of anilines is 1. The first-order chi connectivity index (χ1) is 11.3. The van der Waals surface area contributed by atoms with Gasteiger partial charge in [0.1, 0.15) is 0 Å². The average molecular weight is 353 g/mol. The standard InChI is InChI=1S/C18H28N2O3S/c1-4-19(17-12-8-9-15(2)13-17)18(21)14-20(24(3,22)23)16-10-6-5-7-11-16/h8-9,12-13,16H,4-7,10-11,14H2,1-3H3. The summed E-state index contributed by atoms with van der Waals surface area (Å²) in [6.45, 7) is 4.33. The molecule has 1 amide bonds. The Labute approximate surface area is 145 Å². The molecule has 134 valence electrons. The minimum atomic E-state index is -3.41. The summed E-state index contributed by atoms with van der Waals surface area (Å²) in [6, 6.07) is 7.68. The fourth-order valence-corrected chi connectivity index (χ4v) is 4.50. The Kier molecular flexibility index (Phi) is 6.40.